The van der Waals surface area contributed by atoms with Crippen molar-refractivity contribution in [2.75, 3.05) is 14.2 Å². The summed E-state index contributed by atoms with van der Waals surface area (Å²) in [6.07, 6.45) is 3.02. The zero-order valence-electron chi connectivity index (χ0n) is 16.3. The number of benzene rings is 2. The molecule has 0 amide bonds. The van der Waals surface area contributed by atoms with Gasteiger partial charge in [-0.15, -0.1) is 0 Å². The van der Waals surface area contributed by atoms with Crippen LogP contribution in [-0.2, 0) is 6.42 Å². The summed E-state index contributed by atoms with van der Waals surface area (Å²) in [4.78, 5) is 12.9. The molecule has 2 aliphatic heterocycles. The number of carbonyl (C=O) groups is 1. The Labute approximate surface area is 163 Å². The van der Waals surface area contributed by atoms with Crippen molar-refractivity contribution in [3.05, 3.63) is 46.7 Å². The van der Waals surface area contributed by atoms with Crippen LogP contribution in [0.3, 0.4) is 0 Å². The van der Waals surface area contributed by atoms with E-state index in [-0.39, 0.29) is 28.5 Å². The van der Waals surface area contributed by atoms with Gasteiger partial charge in [0, 0.05) is 11.6 Å². The summed E-state index contributed by atoms with van der Waals surface area (Å²) < 4.78 is 22.3. The smallest absolute Gasteiger partial charge is 0.235 e. The van der Waals surface area contributed by atoms with Crippen LogP contribution >= 0.6 is 0 Å². The Morgan fingerprint density at radius 1 is 1.11 bits per heavy atom. The molecular formula is C22H22O6. The molecule has 0 saturated carbocycles. The zero-order chi connectivity index (χ0) is 20.1. The van der Waals surface area contributed by atoms with Crippen molar-refractivity contribution in [3.63, 3.8) is 0 Å². The van der Waals surface area contributed by atoms with Crippen molar-refractivity contribution in [1.29, 1.82) is 0 Å². The maximum Gasteiger partial charge on any atom is 0.235 e. The number of fused-ring (bicyclic) bond motifs is 2. The maximum absolute atomic E-state index is 12.9. The van der Waals surface area contributed by atoms with Gasteiger partial charge < -0.3 is 24.1 Å². The lowest BCUT2D eigenvalue weighted by atomic mass is 9.91. The number of phenols is 1. The Morgan fingerprint density at radius 2 is 1.86 bits per heavy atom. The fourth-order valence-corrected chi connectivity index (χ4v) is 3.55. The molecule has 0 radical (unpaired) electrons. The SMILES string of the molecule is COc1ccc(/C=C2\Oc3cc4c(c(O)c3C2=O)CCC(C)(C)O4)cc1OC. The Kier molecular flexibility index (Phi) is 4.22. The van der Waals surface area contributed by atoms with Gasteiger partial charge in [0.1, 0.15) is 28.4 Å². The highest BCUT2D eigenvalue weighted by Gasteiger charge is 2.37. The van der Waals surface area contributed by atoms with Gasteiger partial charge in [-0.05, 0) is 50.5 Å². The summed E-state index contributed by atoms with van der Waals surface area (Å²) >= 11 is 0. The highest BCUT2D eigenvalue weighted by Crippen LogP contribution is 2.48. The van der Waals surface area contributed by atoms with E-state index in [1.54, 1.807) is 44.6 Å². The number of rotatable bonds is 3. The predicted octanol–water partition coefficient (Wildman–Crippen LogP) is 4.13. The van der Waals surface area contributed by atoms with Crippen molar-refractivity contribution in [3.8, 4) is 28.7 Å². The second kappa shape index (κ2) is 6.48. The molecule has 6 nitrogen and oxygen atoms in total. The van der Waals surface area contributed by atoms with Crippen LogP contribution in [0.5, 0.6) is 28.7 Å². The molecule has 2 aromatic carbocycles. The van der Waals surface area contributed by atoms with Gasteiger partial charge >= 0.3 is 0 Å². The van der Waals surface area contributed by atoms with E-state index < -0.39 is 0 Å². The minimum Gasteiger partial charge on any atom is -0.507 e. The quantitative estimate of drug-likeness (QED) is 0.805. The molecule has 6 heteroatoms. The number of Topliss-reactive ketones (excluding diaryl/α,β-unsaturated/α-hetero) is 1. The molecule has 0 bridgehead atoms. The lowest BCUT2D eigenvalue weighted by Crippen LogP contribution is -2.32. The van der Waals surface area contributed by atoms with E-state index >= 15 is 0 Å². The number of methoxy groups -OCH3 is 2. The van der Waals surface area contributed by atoms with E-state index in [1.807, 2.05) is 13.8 Å². The minimum atomic E-state index is -0.352. The van der Waals surface area contributed by atoms with E-state index in [0.717, 1.165) is 12.0 Å². The van der Waals surface area contributed by atoms with Crippen LogP contribution < -0.4 is 18.9 Å². The number of carbonyl (C=O) groups excluding carboxylic acids is 1. The van der Waals surface area contributed by atoms with Crippen LogP contribution in [0.25, 0.3) is 6.08 Å². The Morgan fingerprint density at radius 3 is 2.57 bits per heavy atom. The van der Waals surface area contributed by atoms with Crippen molar-refractivity contribution in [1.82, 2.24) is 0 Å². The first-order chi connectivity index (χ1) is 13.3. The van der Waals surface area contributed by atoms with Crippen molar-refractivity contribution in [2.45, 2.75) is 32.3 Å². The number of phenolic OH excluding ortho intramolecular Hbond substituents is 1. The summed E-state index contributed by atoms with van der Waals surface area (Å²) in [5.74, 6) is 1.75. The molecular weight excluding hydrogens is 360 g/mol. The second-order valence-corrected chi connectivity index (χ2v) is 7.49. The third kappa shape index (κ3) is 2.95. The second-order valence-electron chi connectivity index (χ2n) is 7.49. The molecule has 2 heterocycles. The van der Waals surface area contributed by atoms with Crippen molar-refractivity contribution >= 4 is 11.9 Å². The topological polar surface area (TPSA) is 74.2 Å². The van der Waals surface area contributed by atoms with Crippen molar-refractivity contribution < 1.29 is 28.8 Å². The van der Waals surface area contributed by atoms with Gasteiger partial charge in [-0.2, -0.15) is 0 Å². The van der Waals surface area contributed by atoms with E-state index in [1.165, 1.54) is 0 Å². The molecule has 2 aromatic rings. The van der Waals surface area contributed by atoms with Crippen LogP contribution in [0.4, 0.5) is 0 Å². The third-order valence-electron chi connectivity index (χ3n) is 5.07. The zero-order valence-corrected chi connectivity index (χ0v) is 16.3. The van der Waals surface area contributed by atoms with Crippen LogP contribution in [0.1, 0.15) is 41.8 Å². The standard InChI is InChI=1S/C22H22O6/c1-22(2)8-7-13-15(28-22)11-17-19(20(13)23)21(24)18(27-17)10-12-5-6-14(25-3)16(9-12)26-4/h5-6,9-11,23H,7-8H2,1-4H3/b18-10-. The van der Waals surface area contributed by atoms with Gasteiger partial charge in [-0.3, -0.25) is 4.79 Å². The predicted molar refractivity (Wildman–Crippen MR) is 104 cm³/mol. The number of hydrogen-bond donors (Lipinski definition) is 1. The summed E-state index contributed by atoms with van der Waals surface area (Å²) in [6.45, 7) is 3.99. The molecule has 0 aliphatic carbocycles. The number of aromatic hydroxyl groups is 1. The number of ether oxygens (including phenoxy) is 4. The largest absolute Gasteiger partial charge is 0.507 e. The number of allylic oxidation sites excluding steroid dienone is 1. The molecule has 1 N–H and O–H groups in total. The van der Waals surface area contributed by atoms with E-state index in [0.29, 0.717) is 35.0 Å². The number of ketones is 1. The maximum atomic E-state index is 12.9. The summed E-state index contributed by atoms with van der Waals surface area (Å²) in [6, 6.07) is 7.00. The first-order valence-electron chi connectivity index (χ1n) is 9.07. The van der Waals surface area contributed by atoms with Gasteiger partial charge in [0.25, 0.3) is 0 Å². The molecule has 0 unspecified atom stereocenters. The molecule has 4 rings (SSSR count). The average molecular weight is 382 g/mol. The van der Waals surface area contributed by atoms with Crippen LogP contribution in [0.15, 0.2) is 30.0 Å². The molecule has 0 aromatic heterocycles. The van der Waals surface area contributed by atoms with Gasteiger partial charge in [0.15, 0.2) is 17.3 Å². The highest BCUT2D eigenvalue weighted by atomic mass is 16.5. The van der Waals surface area contributed by atoms with E-state index in [4.69, 9.17) is 18.9 Å². The van der Waals surface area contributed by atoms with Gasteiger partial charge in [-0.1, -0.05) is 6.07 Å². The third-order valence-corrected chi connectivity index (χ3v) is 5.07. The fraction of sp³-hybridized carbons (Fsp3) is 0.318. The van der Waals surface area contributed by atoms with Crippen LogP contribution in [-0.4, -0.2) is 30.7 Å². The molecule has 28 heavy (non-hydrogen) atoms. The summed E-state index contributed by atoms with van der Waals surface area (Å²) in [7, 11) is 3.11. The van der Waals surface area contributed by atoms with Gasteiger partial charge in [0.2, 0.25) is 5.78 Å². The average Bonchev–Trinajstić information content (AvgIpc) is 2.96. The molecule has 0 fully saturated rings. The fourth-order valence-electron chi connectivity index (χ4n) is 3.55. The lowest BCUT2D eigenvalue weighted by molar-refractivity contribution is 0.0834. The number of hydrogen-bond acceptors (Lipinski definition) is 6. The molecule has 0 saturated heterocycles. The van der Waals surface area contributed by atoms with E-state index in [2.05, 4.69) is 0 Å². The molecule has 0 spiro atoms. The first-order valence-corrected chi connectivity index (χ1v) is 9.07. The Bertz CT molecular complexity index is 1000. The Balaban J connectivity index is 1.72. The van der Waals surface area contributed by atoms with Crippen molar-refractivity contribution in [2.24, 2.45) is 0 Å². The lowest BCUT2D eigenvalue weighted by Gasteiger charge is -2.33. The monoisotopic (exact) mass is 382 g/mol. The normalized spacial score (nSPS) is 18.1. The summed E-state index contributed by atoms with van der Waals surface area (Å²) in [5, 5.41) is 10.7. The van der Waals surface area contributed by atoms with Crippen LogP contribution in [0.2, 0.25) is 0 Å². The molecule has 2 aliphatic rings. The molecule has 146 valence electrons. The van der Waals surface area contributed by atoms with Crippen LogP contribution in [0, 0.1) is 0 Å². The summed E-state index contributed by atoms with van der Waals surface area (Å²) in [5.41, 5.74) is 1.24. The van der Waals surface area contributed by atoms with Gasteiger partial charge in [0.05, 0.1) is 14.2 Å². The van der Waals surface area contributed by atoms with E-state index in [9.17, 15) is 9.90 Å². The van der Waals surface area contributed by atoms with Gasteiger partial charge in [-0.25, -0.2) is 0 Å². The Hall–Kier alpha value is -3.15. The molecule has 0 atom stereocenters. The minimum absolute atomic E-state index is 0.0521. The highest BCUT2D eigenvalue weighted by molar-refractivity contribution is 6.16. The first kappa shape index (κ1) is 18.2.